The van der Waals surface area contributed by atoms with E-state index in [1.54, 1.807) is 12.1 Å². The number of fused-ring (bicyclic) bond motifs is 1. The van der Waals surface area contributed by atoms with Crippen LogP contribution < -0.4 is 15.2 Å². The van der Waals surface area contributed by atoms with Gasteiger partial charge in [-0.2, -0.15) is 13.2 Å². The van der Waals surface area contributed by atoms with Crippen LogP contribution in [-0.2, 0) is 4.79 Å². The molecule has 0 spiro atoms. The summed E-state index contributed by atoms with van der Waals surface area (Å²) in [5.41, 5.74) is 1.40. The number of rotatable bonds is 7. The molecule has 12 heteroatoms. The van der Waals surface area contributed by atoms with Gasteiger partial charge in [-0.1, -0.05) is 23.7 Å². The SMILES string of the molecule is COc1cc(-n2cnc3cc(-c4ccc(Cl)cc4)sc3c2=O)ccc1N(CCN1CCCC1)C(=O)C(F)(F)F. The van der Waals surface area contributed by atoms with E-state index in [2.05, 4.69) is 4.98 Å². The van der Waals surface area contributed by atoms with Gasteiger partial charge in [0.15, 0.2) is 0 Å². The Labute approximate surface area is 231 Å². The standard InChI is InChI=1S/C27H24ClF3N4O3S/c1-38-22-14-19(8-9-21(22)34(26(37)27(29,30)31)13-12-33-10-2-3-11-33)35-16-32-20-15-23(39-24(20)25(35)36)17-4-6-18(28)7-5-17/h4-9,14-16H,2-3,10-13H2,1H3. The van der Waals surface area contributed by atoms with Crippen LogP contribution in [0.25, 0.3) is 26.3 Å². The fraction of sp³-hybridized carbons (Fsp3) is 0.296. The van der Waals surface area contributed by atoms with Crippen LogP contribution in [0.4, 0.5) is 18.9 Å². The van der Waals surface area contributed by atoms with Crippen molar-refractivity contribution in [3.8, 4) is 21.9 Å². The zero-order valence-corrected chi connectivity index (χ0v) is 22.4. The summed E-state index contributed by atoms with van der Waals surface area (Å²) in [5.74, 6) is -1.94. The lowest BCUT2D eigenvalue weighted by molar-refractivity contribution is -0.170. The Balaban J connectivity index is 1.50. The summed E-state index contributed by atoms with van der Waals surface area (Å²) in [6.45, 7) is 1.72. The average molecular weight is 577 g/mol. The van der Waals surface area contributed by atoms with Gasteiger partial charge in [0.2, 0.25) is 0 Å². The Kier molecular flexibility index (Phi) is 7.66. The van der Waals surface area contributed by atoms with E-state index in [0.717, 1.165) is 36.4 Å². The number of alkyl halides is 3. The van der Waals surface area contributed by atoms with Crippen LogP contribution in [0, 0.1) is 0 Å². The van der Waals surface area contributed by atoms with Crippen molar-refractivity contribution in [1.82, 2.24) is 14.5 Å². The van der Waals surface area contributed by atoms with Crippen molar-refractivity contribution in [1.29, 1.82) is 0 Å². The average Bonchev–Trinajstić information content (AvgIpc) is 3.60. The third-order valence-corrected chi connectivity index (χ3v) is 8.04. The van der Waals surface area contributed by atoms with E-state index in [4.69, 9.17) is 16.3 Å². The number of methoxy groups -OCH3 is 1. The first kappa shape index (κ1) is 27.2. The first-order chi connectivity index (χ1) is 18.7. The van der Waals surface area contributed by atoms with Gasteiger partial charge in [0, 0.05) is 29.1 Å². The Morgan fingerprint density at radius 2 is 1.85 bits per heavy atom. The van der Waals surface area contributed by atoms with Crippen LogP contribution in [-0.4, -0.2) is 59.8 Å². The van der Waals surface area contributed by atoms with Gasteiger partial charge in [-0.15, -0.1) is 11.3 Å². The largest absolute Gasteiger partial charge is 0.494 e. The highest BCUT2D eigenvalue weighted by Crippen LogP contribution is 2.35. The predicted octanol–water partition coefficient (Wildman–Crippen LogP) is 5.77. The van der Waals surface area contributed by atoms with Crippen molar-refractivity contribution in [2.24, 2.45) is 0 Å². The van der Waals surface area contributed by atoms with Gasteiger partial charge in [0.1, 0.15) is 16.8 Å². The highest BCUT2D eigenvalue weighted by Gasteiger charge is 2.43. The summed E-state index contributed by atoms with van der Waals surface area (Å²) >= 11 is 7.26. The second-order valence-electron chi connectivity index (χ2n) is 9.11. The number of anilines is 1. The summed E-state index contributed by atoms with van der Waals surface area (Å²) in [5, 5.41) is 0.601. The second kappa shape index (κ2) is 11.0. The minimum atomic E-state index is -5.05. The lowest BCUT2D eigenvalue weighted by Crippen LogP contribution is -2.45. The summed E-state index contributed by atoms with van der Waals surface area (Å²) in [7, 11) is 1.31. The molecule has 3 heterocycles. The molecule has 5 rings (SSSR count). The quantitative estimate of drug-likeness (QED) is 0.280. The molecule has 2 aromatic carbocycles. The maximum Gasteiger partial charge on any atom is 0.471 e. The molecule has 4 aromatic rings. The normalized spacial score (nSPS) is 14.2. The van der Waals surface area contributed by atoms with E-state index in [0.29, 0.717) is 32.4 Å². The highest BCUT2D eigenvalue weighted by atomic mass is 35.5. The number of aromatic nitrogens is 2. The van der Waals surface area contributed by atoms with Gasteiger partial charge in [0.05, 0.1) is 24.0 Å². The number of ether oxygens (including phenoxy) is 1. The van der Waals surface area contributed by atoms with E-state index in [9.17, 15) is 22.8 Å². The summed E-state index contributed by atoms with van der Waals surface area (Å²) < 4.78 is 47.6. The molecular weight excluding hydrogens is 553 g/mol. The summed E-state index contributed by atoms with van der Waals surface area (Å²) in [4.78, 5) is 33.8. The number of hydrogen-bond donors (Lipinski definition) is 0. The Morgan fingerprint density at radius 1 is 1.13 bits per heavy atom. The first-order valence-electron chi connectivity index (χ1n) is 12.2. The lowest BCUT2D eigenvalue weighted by atomic mass is 10.2. The molecule has 2 aromatic heterocycles. The van der Waals surface area contributed by atoms with Gasteiger partial charge < -0.3 is 9.64 Å². The third-order valence-electron chi connectivity index (χ3n) is 6.62. The van der Waals surface area contributed by atoms with Gasteiger partial charge >= 0.3 is 12.1 Å². The molecule has 0 aliphatic carbocycles. The number of halogens is 4. The molecule has 0 N–H and O–H groups in total. The van der Waals surface area contributed by atoms with Gasteiger partial charge in [-0.25, -0.2) is 4.98 Å². The smallest absolute Gasteiger partial charge is 0.471 e. The Morgan fingerprint density at radius 3 is 2.51 bits per heavy atom. The maximum absolute atomic E-state index is 13.5. The molecule has 0 unspecified atom stereocenters. The lowest BCUT2D eigenvalue weighted by Gasteiger charge is -2.28. The minimum absolute atomic E-state index is 0.0222. The van der Waals surface area contributed by atoms with E-state index in [-0.39, 0.29) is 23.5 Å². The molecule has 204 valence electrons. The minimum Gasteiger partial charge on any atom is -0.494 e. The molecule has 0 atom stereocenters. The van der Waals surface area contributed by atoms with E-state index >= 15 is 0 Å². The van der Waals surface area contributed by atoms with Crippen molar-refractivity contribution >= 4 is 44.7 Å². The number of hydrogen-bond acceptors (Lipinski definition) is 6. The van der Waals surface area contributed by atoms with E-state index in [1.165, 1.54) is 47.5 Å². The fourth-order valence-electron chi connectivity index (χ4n) is 4.62. The molecule has 1 amide bonds. The van der Waals surface area contributed by atoms with Crippen molar-refractivity contribution in [2.75, 3.05) is 38.2 Å². The van der Waals surface area contributed by atoms with Crippen molar-refractivity contribution in [3.63, 3.8) is 0 Å². The number of carbonyl (C=O) groups excluding carboxylic acids is 1. The number of carbonyl (C=O) groups is 1. The van der Waals surface area contributed by atoms with Gasteiger partial charge in [0.25, 0.3) is 5.56 Å². The predicted molar refractivity (Wildman–Crippen MR) is 146 cm³/mol. The molecule has 0 bridgehead atoms. The summed E-state index contributed by atoms with van der Waals surface area (Å²) in [6, 6.07) is 13.3. The maximum atomic E-state index is 13.5. The van der Waals surface area contributed by atoms with Crippen molar-refractivity contribution in [2.45, 2.75) is 19.0 Å². The Hall–Kier alpha value is -3.41. The van der Waals surface area contributed by atoms with E-state index in [1.807, 2.05) is 23.1 Å². The Bertz CT molecular complexity index is 1560. The number of likely N-dealkylation sites (tertiary alicyclic amines) is 1. The molecule has 1 saturated heterocycles. The zero-order valence-electron chi connectivity index (χ0n) is 20.9. The number of thiophene rings is 1. The van der Waals surface area contributed by atoms with Crippen LogP contribution in [0.3, 0.4) is 0 Å². The van der Waals surface area contributed by atoms with Gasteiger partial charge in [-0.05, 0) is 61.8 Å². The van der Waals surface area contributed by atoms with Crippen LogP contribution in [0.1, 0.15) is 12.8 Å². The van der Waals surface area contributed by atoms with Crippen LogP contribution in [0.2, 0.25) is 5.02 Å². The summed E-state index contributed by atoms with van der Waals surface area (Å²) in [6.07, 6.45) is -1.74. The molecule has 39 heavy (non-hydrogen) atoms. The monoisotopic (exact) mass is 576 g/mol. The molecule has 0 radical (unpaired) electrons. The second-order valence-corrected chi connectivity index (χ2v) is 10.6. The van der Waals surface area contributed by atoms with Crippen LogP contribution in [0.15, 0.2) is 59.7 Å². The fourth-order valence-corrected chi connectivity index (χ4v) is 5.80. The number of amides is 1. The molecule has 1 fully saturated rings. The molecule has 1 aliphatic heterocycles. The first-order valence-corrected chi connectivity index (χ1v) is 13.4. The molecule has 0 saturated carbocycles. The van der Waals surface area contributed by atoms with Crippen molar-refractivity contribution < 1.29 is 22.7 Å². The molecule has 7 nitrogen and oxygen atoms in total. The number of nitrogens with zero attached hydrogens (tertiary/aromatic N) is 4. The zero-order chi connectivity index (χ0) is 27.7. The van der Waals surface area contributed by atoms with Crippen molar-refractivity contribution in [3.05, 3.63) is 70.2 Å². The van der Waals surface area contributed by atoms with Gasteiger partial charge in [-0.3, -0.25) is 19.1 Å². The van der Waals surface area contributed by atoms with E-state index < -0.39 is 12.1 Å². The highest BCUT2D eigenvalue weighted by molar-refractivity contribution is 7.22. The molecular formula is C27H24ClF3N4O3S. The molecule has 1 aliphatic rings. The van der Waals surface area contributed by atoms with Crippen LogP contribution >= 0.6 is 22.9 Å². The number of benzene rings is 2. The van der Waals surface area contributed by atoms with Crippen LogP contribution in [0.5, 0.6) is 5.75 Å². The third kappa shape index (κ3) is 5.66. The topological polar surface area (TPSA) is 67.7 Å².